The molecule has 0 spiro atoms. The van der Waals surface area contributed by atoms with Crippen molar-refractivity contribution in [1.82, 2.24) is 0 Å². The number of ether oxygens (including phenoxy) is 2. The Kier molecular flexibility index (Phi) is 3.44. The molecule has 1 heterocycles. The average Bonchev–Trinajstić information content (AvgIpc) is 2.71. The number of rotatable bonds is 1. The molecule has 5 nitrogen and oxygen atoms in total. The summed E-state index contributed by atoms with van der Waals surface area (Å²) < 4.78 is 10.8. The van der Waals surface area contributed by atoms with E-state index in [1.54, 1.807) is 6.92 Å². The number of carbonyl (C=O) groups is 2. The molecule has 0 aromatic heterocycles. The Bertz CT molecular complexity index is 574. The van der Waals surface area contributed by atoms with Gasteiger partial charge in [-0.3, -0.25) is 4.79 Å². The summed E-state index contributed by atoms with van der Waals surface area (Å²) in [6.45, 7) is 8.96. The van der Waals surface area contributed by atoms with Gasteiger partial charge in [0.1, 0.15) is 12.2 Å². The van der Waals surface area contributed by atoms with Gasteiger partial charge in [-0.15, -0.1) is 0 Å². The summed E-state index contributed by atoms with van der Waals surface area (Å²) in [6, 6.07) is 0. The Morgan fingerprint density at radius 2 is 2.23 bits per heavy atom. The van der Waals surface area contributed by atoms with Gasteiger partial charge < -0.3 is 14.6 Å². The third kappa shape index (κ3) is 2.28. The van der Waals surface area contributed by atoms with Crippen LogP contribution in [0.1, 0.15) is 33.6 Å². The minimum absolute atomic E-state index is 0.0454. The zero-order chi connectivity index (χ0) is 16.2. The first kappa shape index (κ1) is 15.3. The van der Waals surface area contributed by atoms with E-state index in [1.165, 1.54) is 6.92 Å². The highest BCUT2D eigenvalue weighted by molar-refractivity contribution is 5.91. The fraction of sp³-hybridized carbons (Fsp3) is 0.647. The molecule has 22 heavy (non-hydrogen) atoms. The van der Waals surface area contributed by atoms with Crippen LogP contribution in [0.5, 0.6) is 0 Å². The Hall–Kier alpha value is -1.62. The smallest absolute Gasteiger partial charge is 0.334 e. The molecule has 0 aromatic rings. The molecule has 0 radical (unpaired) electrons. The Labute approximate surface area is 130 Å². The van der Waals surface area contributed by atoms with Crippen LogP contribution in [-0.4, -0.2) is 34.9 Å². The molecule has 0 aromatic carbocycles. The second-order valence-electron chi connectivity index (χ2n) is 6.99. The van der Waals surface area contributed by atoms with Crippen LogP contribution in [0.15, 0.2) is 23.8 Å². The van der Waals surface area contributed by atoms with E-state index in [9.17, 15) is 14.7 Å². The van der Waals surface area contributed by atoms with E-state index in [-0.39, 0.29) is 41.9 Å². The number of fused-ring (bicyclic) bond motifs is 2. The Morgan fingerprint density at radius 3 is 2.86 bits per heavy atom. The quantitative estimate of drug-likeness (QED) is 0.454. The fourth-order valence-electron chi connectivity index (χ4n) is 4.37. The van der Waals surface area contributed by atoms with Crippen molar-refractivity contribution in [3.05, 3.63) is 23.8 Å². The van der Waals surface area contributed by atoms with Crippen molar-refractivity contribution in [3.8, 4) is 0 Å². The maximum atomic E-state index is 11.7. The summed E-state index contributed by atoms with van der Waals surface area (Å²) >= 11 is 0. The highest BCUT2D eigenvalue weighted by Gasteiger charge is 2.55. The second kappa shape index (κ2) is 4.95. The topological polar surface area (TPSA) is 72.8 Å². The summed E-state index contributed by atoms with van der Waals surface area (Å²) in [5.41, 5.74) is 0.534. The number of esters is 2. The lowest BCUT2D eigenvalue weighted by molar-refractivity contribution is -0.148. The normalized spacial score (nSPS) is 43.8. The summed E-state index contributed by atoms with van der Waals surface area (Å²) in [7, 11) is 0. The summed E-state index contributed by atoms with van der Waals surface area (Å²) in [5, 5.41) is 10.8. The van der Waals surface area contributed by atoms with Crippen LogP contribution in [0, 0.1) is 17.8 Å². The van der Waals surface area contributed by atoms with Crippen LogP contribution in [0.2, 0.25) is 0 Å². The van der Waals surface area contributed by atoms with E-state index in [2.05, 4.69) is 6.58 Å². The van der Waals surface area contributed by atoms with Gasteiger partial charge >= 0.3 is 11.9 Å². The first-order valence-corrected chi connectivity index (χ1v) is 7.68. The van der Waals surface area contributed by atoms with E-state index < -0.39 is 5.60 Å². The van der Waals surface area contributed by atoms with Gasteiger partial charge in [-0.25, -0.2) is 4.79 Å². The summed E-state index contributed by atoms with van der Waals surface area (Å²) in [4.78, 5) is 23.1. The minimum Gasteiger partial charge on any atom is -0.462 e. The van der Waals surface area contributed by atoms with Crippen LogP contribution in [0.3, 0.4) is 0 Å². The van der Waals surface area contributed by atoms with Gasteiger partial charge in [-0.05, 0) is 32.3 Å². The van der Waals surface area contributed by atoms with Crippen LogP contribution in [-0.2, 0) is 19.1 Å². The predicted octanol–water partition coefficient (Wildman–Crippen LogP) is 1.75. The van der Waals surface area contributed by atoms with Crippen molar-refractivity contribution >= 4 is 11.9 Å². The zero-order valence-corrected chi connectivity index (χ0v) is 13.2. The van der Waals surface area contributed by atoms with Crippen LogP contribution in [0.25, 0.3) is 0 Å². The van der Waals surface area contributed by atoms with Crippen molar-refractivity contribution < 1.29 is 24.2 Å². The minimum atomic E-state index is -0.944. The molecule has 1 saturated carbocycles. The highest BCUT2D eigenvalue weighted by Crippen LogP contribution is 2.52. The van der Waals surface area contributed by atoms with Crippen molar-refractivity contribution in [2.45, 2.75) is 51.4 Å². The third-order valence-corrected chi connectivity index (χ3v) is 5.37. The fourth-order valence-corrected chi connectivity index (χ4v) is 4.37. The van der Waals surface area contributed by atoms with E-state index >= 15 is 0 Å². The monoisotopic (exact) mass is 306 g/mol. The molecule has 3 aliphatic rings. The van der Waals surface area contributed by atoms with Crippen molar-refractivity contribution in [2.24, 2.45) is 17.8 Å². The maximum absolute atomic E-state index is 11.7. The standard InChI is InChI=1S/C17H22O5/c1-8-5-13-11(9(2)16(19)22-13)6-12-15(8)14(21-10(3)18)7-17(12,4)20/h5,11-15,20H,2,6-7H2,1,3-4H3. The maximum Gasteiger partial charge on any atom is 0.334 e. The largest absolute Gasteiger partial charge is 0.462 e. The molecule has 1 saturated heterocycles. The number of carbonyl (C=O) groups excluding carboxylic acids is 2. The lowest BCUT2D eigenvalue weighted by atomic mass is 9.78. The van der Waals surface area contributed by atoms with Crippen molar-refractivity contribution in [2.75, 3.05) is 0 Å². The molecule has 0 bridgehead atoms. The molecule has 1 N–H and O–H groups in total. The van der Waals surface area contributed by atoms with Gasteiger partial charge in [-0.1, -0.05) is 12.2 Å². The van der Waals surface area contributed by atoms with E-state index in [4.69, 9.17) is 9.47 Å². The lowest BCUT2D eigenvalue weighted by Gasteiger charge is -2.30. The molecule has 6 atom stereocenters. The zero-order valence-electron chi connectivity index (χ0n) is 13.2. The van der Waals surface area contributed by atoms with Crippen molar-refractivity contribution in [3.63, 3.8) is 0 Å². The third-order valence-electron chi connectivity index (χ3n) is 5.37. The van der Waals surface area contributed by atoms with Crippen molar-refractivity contribution in [1.29, 1.82) is 0 Å². The number of aliphatic hydroxyl groups is 1. The van der Waals surface area contributed by atoms with Crippen LogP contribution >= 0.6 is 0 Å². The molecule has 3 rings (SSSR count). The molecule has 2 aliphatic carbocycles. The number of hydrogen-bond acceptors (Lipinski definition) is 5. The number of hydrogen-bond donors (Lipinski definition) is 1. The van der Waals surface area contributed by atoms with Gasteiger partial charge in [0.2, 0.25) is 0 Å². The Balaban J connectivity index is 1.98. The first-order valence-electron chi connectivity index (χ1n) is 7.68. The molecular formula is C17H22O5. The summed E-state index contributed by atoms with van der Waals surface area (Å²) in [6.07, 6.45) is 2.30. The molecule has 2 fully saturated rings. The van der Waals surface area contributed by atoms with E-state index in [1.807, 2.05) is 13.0 Å². The lowest BCUT2D eigenvalue weighted by Crippen LogP contribution is -2.33. The van der Waals surface area contributed by atoms with Gasteiger partial charge in [0.05, 0.1) is 5.60 Å². The molecule has 1 aliphatic heterocycles. The van der Waals surface area contributed by atoms with E-state index in [0.717, 1.165) is 5.57 Å². The molecule has 5 heteroatoms. The second-order valence-corrected chi connectivity index (χ2v) is 6.99. The van der Waals surface area contributed by atoms with Gasteiger partial charge in [0.15, 0.2) is 0 Å². The SMILES string of the molecule is C=C1C(=O)OC2C=C(C)C3C(OC(C)=O)CC(C)(O)C3CC12. The first-order chi connectivity index (χ1) is 10.2. The van der Waals surface area contributed by atoms with Gasteiger partial charge in [0, 0.05) is 30.8 Å². The average molecular weight is 306 g/mol. The highest BCUT2D eigenvalue weighted by atomic mass is 16.6. The molecular weight excluding hydrogens is 284 g/mol. The molecule has 0 amide bonds. The Morgan fingerprint density at radius 1 is 1.55 bits per heavy atom. The van der Waals surface area contributed by atoms with E-state index in [0.29, 0.717) is 18.4 Å². The molecule has 120 valence electrons. The van der Waals surface area contributed by atoms with Crippen LogP contribution in [0.4, 0.5) is 0 Å². The molecule has 6 unspecified atom stereocenters. The van der Waals surface area contributed by atoms with Gasteiger partial charge in [-0.2, -0.15) is 0 Å². The summed E-state index contributed by atoms with van der Waals surface area (Å²) in [5.74, 6) is -0.938. The van der Waals surface area contributed by atoms with Crippen LogP contribution < -0.4 is 0 Å². The predicted molar refractivity (Wildman–Crippen MR) is 78.7 cm³/mol. The van der Waals surface area contributed by atoms with Gasteiger partial charge in [0.25, 0.3) is 0 Å².